The van der Waals surface area contributed by atoms with E-state index < -0.39 is 0 Å². The van der Waals surface area contributed by atoms with Crippen molar-refractivity contribution < 1.29 is 14.3 Å². The molecule has 1 fully saturated rings. The predicted molar refractivity (Wildman–Crippen MR) is 52.7 cm³/mol. The standard InChI is InChI=1S/C11H16O3/c1-2-14-11(13)6-4-3-5-10(12)9-7-8-9/h3,5,9H,2,4,6-8H2,1H3/b5-3+. The van der Waals surface area contributed by atoms with Gasteiger partial charge < -0.3 is 4.74 Å². The van der Waals surface area contributed by atoms with Crippen molar-refractivity contribution in [1.82, 2.24) is 0 Å². The van der Waals surface area contributed by atoms with Crippen molar-refractivity contribution in [2.45, 2.75) is 32.6 Å². The maximum absolute atomic E-state index is 11.2. The zero-order valence-corrected chi connectivity index (χ0v) is 8.49. The Morgan fingerprint density at radius 3 is 2.71 bits per heavy atom. The number of rotatable bonds is 6. The average Bonchev–Trinajstić information content (AvgIpc) is 2.95. The number of allylic oxidation sites excluding steroid dienone is 2. The van der Waals surface area contributed by atoms with Crippen LogP contribution in [-0.2, 0) is 14.3 Å². The molecule has 0 aromatic rings. The van der Waals surface area contributed by atoms with Crippen molar-refractivity contribution in [3.63, 3.8) is 0 Å². The maximum atomic E-state index is 11.2. The smallest absolute Gasteiger partial charge is 0.306 e. The SMILES string of the molecule is CCOC(=O)CC/C=C/C(=O)C1CC1. The zero-order chi connectivity index (χ0) is 10.4. The second-order valence-corrected chi connectivity index (χ2v) is 3.42. The van der Waals surface area contributed by atoms with E-state index in [0.717, 1.165) is 12.8 Å². The van der Waals surface area contributed by atoms with E-state index in [9.17, 15) is 9.59 Å². The Bertz CT molecular complexity index is 239. The summed E-state index contributed by atoms with van der Waals surface area (Å²) < 4.78 is 4.75. The van der Waals surface area contributed by atoms with Crippen LogP contribution in [0.3, 0.4) is 0 Å². The third-order valence-electron chi connectivity index (χ3n) is 2.08. The molecule has 3 nitrogen and oxygen atoms in total. The minimum Gasteiger partial charge on any atom is -0.466 e. The number of ether oxygens (including phenoxy) is 1. The molecule has 0 unspecified atom stereocenters. The van der Waals surface area contributed by atoms with Gasteiger partial charge in [-0.15, -0.1) is 0 Å². The van der Waals surface area contributed by atoms with Crippen molar-refractivity contribution in [3.8, 4) is 0 Å². The van der Waals surface area contributed by atoms with Gasteiger partial charge in [0.05, 0.1) is 6.61 Å². The molecule has 0 heterocycles. The summed E-state index contributed by atoms with van der Waals surface area (Å²) in [5.74, 6) is 0.277. The lowest BCUT2D eigenvalue weighted by Crippen LogP contribution is -2.02. The van der Waals surface area contributed by atoms with Crippen molar-refractivity contribution >= 4 is 11.8 Å². The lowest BCUT2D eigenvalue weighted by molar-refractivity contribution is -0.143. The van der Waals surface area contributed by atoms with Crippen LogP contribution in [0.1, 0.15) is 32.6 Å². The number of carbonyl (C=O) groups excluding carboxylic acids is 2. The molecule has 0 bridgehead atoms. The summed E-state index contributed by atoms with van der Waals surface area (Å²) in [7, 11) is 0. The second kappa shape index (κ2) is 5.58. The van der Waals surface area contributed by atoms with Crippen LogP contribution in [0.15, 0.2) is 12.2 Å². The first kappa shape index (κ1) is 11.0. The van der Waals surface area contributed by atoms with Crippen molar-refractivity contribution in [2.75, 3.05) is 6.61 Å². The number of ketones is 1. The molecule has 3 heteroatoms. The van der Waals surface area contributed by atoms with Crippen LogP contribution in [0.25, 0.3) is 0 Å². The van der Waals surface area contributed by atoms with Gasteiger partial charge in [-0.05, 0) is 32.3 Å². The van der Waals surface area contributed by atoms with E-state index in [-0.39, 0.29) is 17.7 Å². The van der Waals surface area contributed by atoms with Crippen LogP contribution in [0.5, 0.6) is 0 Å². The van der Waals surface area contributed by atoms with Gasteiger partial charge in [-0.25, -0.2) is 0 Å². The first-order chi connectivity index (χ1) is 6.74. The van der Waals surface area contributed by atoms with E-state index in [1.807, 2.05) is 0 Å². The lowest BCUT2D eigenvalue weighted by atomic mass is 10.2. The quantitative estimate of drug-likeness (QED) is 0.481. The third-order valence-corrected chi connectivity index (χ3v) is 2.08. The number of hydrogen-bond donors (Lipinski definition) is 0. The Labute approximate surface area is 84.1 Å². The van der Waals surface area contributed by atoms with Crippen LogP contribution in [-0.4, -0.2) is 18.4 Å². The molecule has 78 valence electrons. The van der Waals surface area contributed by atoms with Gasteiger partial charge in [0.25, 0.3) is 0 Å². The summed E-state index contributed by atoms with van der Waals surface area (Å²) in [6, 6.07) is 0. The highest BCUT2D eigenvalue weighted by Gasteiger charge is 2.27. The molecule has 1 saturated carbocycles. The minimum absolute atomic E-state index is 0.198. The van der Waals surface area contributed by atoms with Crippen molar-refractivity contribution in [1.29, 1.82) is 0 Å². The first-order valence-electron chi connectivity index (χ1n) is 5.10. The molecule has 1 rings (SSSR count). The molecule has 0 amide bonds. The number of hydrogen-bond acceptors (Lipinski definition) is 3. The molecule has 0 radical (unpaired) electrons. The largest absolute Gasteiger partial charge is 0.466 e. The van der Waals surface area contributed by atoms with E-state index in [0.29, 0.717) is 19.4 Å². The van der Waals surface area contributed by atoms with Gasteiger partial charge in [-0.1, -0.05) is 6.08 Å². The molecule has 0 aromatic carbocycles. The van der Waals surface area contributed by atoms with E-state index >= 15 is 0 Å². The van der Waals surface area contributed by atoms with E-state index in [4.69, 9.17) is 4.74 Å². The highest BCUT2D eigenvalue weighted by molar-refractivity contribution is 5.93. The summed E-state index contributed by atoms with van der Waals surface area (Å²) in [6.07, 6.45) is 6.37. The van der Waals surface area contributed by atoms with Gasteiger partial charge in [-0.2, -0.15) is 0 Å². The molecule has 0 spiro atoms. The van der Waals surface area contributed by atoms with E-state index in [1.165, 1.54) is 0 Å². The Balaban J connectivity index is 2.07. The van der Waals surface area contributed by atoms with Crippen LogP contribution in [0.4, 0.5) is 0 Å². The van der Waals surface area contributed by atoms with Gasteiger partial charge >= 0.3 is 5.97 Å². The fraction of sp³-hybridized carbons (Fsp3) is 0.636. The monoisotopic (exact) mass is 196 g/mol. The van der Waals surface area contributed by atoms with Crippen LogP contribution >= 0.6 is 0 Å². The summed E-state index contributed by atoms with van der Waals surface area (Å²) in [4.78, 5) is 22.1. The van der Waals surface area contributed by atoms with Gasteiger partial charge in [0.1, 0.15) is 0 Å². The molecular formula is C11H16O3. The van der Waals surface area contributed by atoms with Gasteiger partial charge in [0.15, 0.2) is 5.78 Å². The summed E-state index contributed by atoms with van der Waals surface area (Å²) in [5.41, 5.74) is 0. The molecule has 0 aromatic heterocycles. The Morgan fingerprint density at radius 2 is 2.14 bits per heavy atom. The molecule has 0 atom stereocenters. The fourth-order valence-electron chi connectivity index (χ4n) is 1.14. The second-order valence-electron chi connectivity index (χ2n) is 3.42. The zero-order valence-electron chi connectivity index (χ0n) is 8.49. The average molecular weight is 196 g/mol. The number of esters is 1. The molecule has 0 N–H and O–H groups in total. The Kier molecular flexibility index (Phi) is 4.36. The van der Waals surface area contributed by atoms with Crippen LogP contribution in [0, 0.1) is 5.92 Å². The molecule has 0 saturated heterocycles. The summed E-state index contributed by atoms with van der Waals surface area (Å²) in [5, 5.41) is 0. The van der Waals surface area contributed by atoms with E-state index in [1.54, 1.807) is 19.1 Å². The van der Waals surface area contributed by atoms with E-state index in [2.05, 4.69) is 0 Å². The Hall–Kier alpha value is -1.12. The number of carbonyl (C=O) groups is 2. The predicted octanol–water partition coefficient (Wildman–Crippen LogP) is 1.86. The summed E-state index contributed by atoms with van der Waals surface area (Å²) >= 11 is 0. The lowest BCUT2D eigenvalue weighted by Gasteiger charge is -1.97. The van der Waals surface area contributed by atoms with Crippen LogP contribution in [0.2, 0.25) is 0 Å². The van der Waals surface area contributed by atoms with Crippen LogP contribution < -0.4 is 0 Å². The van der Waals surface area contributed by atoms with Crippen molar-refractivity contribution in [3.05, 3.63) is 12.2 Å². The molecule has 0 aliphatic heterocycles. The minimum atomic E-state index is -0.198. The van der Waals surface area contributed by atoms with Gasteiger partial charge in [0.2, 0.25) is 0 Å². The van der Waals surface area contributed by atoms with Gasteiger partial charge in [-0.3, -0.25) is 9.59 Å². The first-order valence-corrected chi connectivity index (χ1v) is 5.10. The van der Waals surface area contributed by atoms with Gasteiger partial charge in [0, 0.05) is 12.3 Å². The maximum Gasteiger partial charge on any atom is 0.306 e. The molecular weight excluding hydrogens is 180 g/mol. The fourth-order valence-corrected chi connectivity index (χ4v) is 1.14. The highest BCUT2D eigenvalue weighted by atomic mass is 16.5. The third kappa shape index (κ3) is 4.21. The summed E-state index contributed by atoms with van der Waals surface area (Å²) in [6.45, 7) is 2.20. The molecule has 1 aliphatic carbocycles. The molecule has 14 heavy (non-hydrogen) atoms. The molecule has 1 aliphatic rings. The van der Waals surface area contributed by atoms with Crippen molar-refractivity contribution in [2.24, 2.45) is 5.92 Å². The normalized spacial score (nSPS) is 15.8. The highest BCUT2D eigenvalue weighted by Crippen LogP contribution is 2.30. The topological polar surface area (TPSA) is 43.4 Å². The Morgan fingerprint density at radius 1 is 1.43 bits per heavy atom.